The molecular weight excluding hydrogens is 288 g/mol. The van der Waals surface area contributed by atoms with Gasteiger partial charge >= 0.3 is 0 Å². The van der Waals surface area contributed by atoms with E-state index in [1.54, 1.807) is 19.4 Å². The van der Waals surface area contributed by atoms with Crippen molar-refractivity contribution in [3.8, 4) is 11.5 Å². The molecule has 0 aliphatic heterocycles. The van der Waals surface area contributed by atoms with Crippen LogP contribution in [0.3, 0.4) is 0 Å². The van der Waals surface area contributed by atoms with Crippen LogP contribution >= 0.6 is 11.6 Å². The number of nitrogens with zero attached hydrogens (tertiary/aromatic N) is 1. The fourth-order valence-electron chi connectivity index (χ4n) is 1.89. The lowest BCUT2D eigenvalue weighted by atomic mass is 10.2. The van der Waals surface area contributed by atoms with Gasteiger partial charge in [-0.05, 0) is 43.7 Å². The number of nitrogens with one attached hydrogen (secondary N) is 1. The Bertz CT molecular complexity index is 603. The normalized spacial score (nSPS) is 10.5. The molecule has 2 aromatic rings. The second kappa shape index (κ2) is 7.18. The Morgan fingerprint density at radius 2 is 2.00 bits per heavy atom. The molecular formula is C16H19ClN2O2. The minimum atomic E-state index is 0.113. The molecule has 2 rings (SSSR count). The van der Waals surface area contributed by atoms with E-state index in [9.17, 15) is 0 Å². The standard InChI is InChI=1S/C16H19ClN2O2/c1-11(2)21-14-5-4-12(8-15(14)20-3)10-19-13-6-7-18-16(17)9-13/h4-9,11H,10H2,1-3H3,(H,18,19). The summed E-state index contributed by atoms with van der Waals surface area (Å²) in [6, 6.07) is 9.56. The van der Waals surface area contributed by atoms with Crippen LogP contribution in [0.5, 0.6) is 11.5 Å². The van der Waals surface area contributed by atoms with Crippen molar-refractivity contribution in [1.29, 1.82) is 0 Å². The van der Waals surface area contributed by atoms with Crippen molar-refractivity contribution in [3.05, 3.63) is 47.2 Å². The first-order valence-corrected chi connectivity index (χ1v) is 7.15. The van der Waals surface area contributed by atoms with Crippen LogP contribution in [0, 0.1) is 0 Å². The van der Waals surface area contributed by atoms with E-state index in [-0.39, 0.29) is 6.10 Å². The summed E-state index contributed by atoms with van der Waals surface area (Å²) in [5, 5.41) is 3.76. The van der Waals surface area contributed by atoms with E-state index in [1.807, 2.05) is 38.1 Å². The predicted octanol–water partition coefficient (Wildman–Crippen LogP) is 4.14. The molecule has 0 spiro atoms. The molecule has 1 aromatic carbocycles. The number of methoxy groups -OCH3 is 1. The topological polar surface area (TPSA) is 43.4 Å². The molecule has 4 nitrogen and oxygen atoms in total. The third-order valence-electron chi connectivity index (χ3n) is 2.81. The highest BCUT2D eigenvalue weighted by molar-refractivity contribution is 6.29. The highest BCUT2D eigenvalue weighted by Gasteiger charge is 2.07. The molecule has 0 atom stereocenters. The van der Waals surface area contributed by atoms with Crippen molar-refractivity contribution >= 4 is 17.3 Å². The minimum absolute atomic E-state index is 0.113. The SMILES string of the molecule is COc1cc(CNc2ccnc(Cl)c2)ccc1OC(C)C. The molecule has 1 aromatic heterocycles. The van der Waals surface area contributed by atoms with Crippen molar-refractivity contribution in [3.63, 3.8) is 0 Å². The van der Waals surface area contributed by atoms with Crippen LogP contribution in [0.2, 0.25) is 5.15 Å². The number of hydrogen-bond acceptors (Lipinski definition) is 4. The van der Waals surface area contributed by atoms with Crippen LogP contribution in [0.1, 0.15) is 19.4 Å². The van der Waals surface area contributed by atoms with Gasteiger partial charge in [-0.25, -0.2) is 4.98 Å². The average Bonchev–Trinajstić information content (AvgIpc) is 2.45. The lowest BCUT2D eigenvalue weighted by Crippen LogP contribution is -2.07. The molecule has 0 radical (unpaired) electrons. The maximum atomic E-state index is 5.86. The van der Waals surface area contributed by atoms with Gasteiger partial charge in [-0.1, -0.05) is 17.7 Å². The minimum Gasteiger partial charge on any atom is -0.493 e. The zero-order chi connectivity index (χ0) is 15.2. The lowest BCUT2D eigenvalue weighted by molar-refractivity contribution is 0.230. The molecule has 0 amide bonds. The van der Waals surface area contributed by atoms with Crippen molar-refractivity contribution in [1.82, 2.24) is 4.98 Å². The summed E-state index contributed by atoms with van der Waals surface area (Å²) in [6.07, 6.45) is 1.78. The van der Waals surface area contributed by atoms with Gasteiger partial charge in [0.2, 0.25) is 0 Å². The molecule has 1 heterocycles. The van der Waals surface area contributed by atoms with Gasteiger partial charge in [0.25, 0.3) is 0 Å². The Hall–Kier alpha value is -1.94. The number of rotatable bonds is 6. The smallest absolute Gasteiger partial charge is 0.161 e. The summed E-state index contributed by atoms with van der Waals surface area (Å²) in [5.41, 5.74) is 2.02. The van der Waals surface area contributed by atoms with Crippen molar-refractivity contribution in [2.24, 2.45) is 0 Å². The first-order chi connectivity index (χ1) is 10.1. The van der Waals surface area contributed by atoms with Gasteiger partial charge in [0, 0.05) is 18.4 Å². The third kappa shape index (κ3) is 4.53. The van der Waals surface area contributed by atoms with Gasteiger partial charge < -0.3 is 14.8 Å². The van der Waals surface area contributed by atoms with Crippen LogP contribution in [-0.4, -0.2) is 18.2 Å². The molecule has 21 heavy (non-hydrogen) atoms. The van der Waals surface area contributed by atoms with Gasteiger partial charge in [-0.3, -0.25) is 0 Å². The fraction of sp³-hybridized carbons (Fsp3) is 0.312. The maximum absolute atomic E-state index is 5.86. The molecule has 0 saturated heterocycles. The van der Waals surface area contributed by atoms with E-state index < -0.39 is 0 Å². The monoisotopic (exact) mass is 306 g/mol. The van der Waals surface area contributed by atoms with Gasteiger partial charge in [0.05, 0.1) is 13.2 Å². The van der Waals surface area contributed by atoms with E-state index in [0.29, 0.717) is 11.7 Å². The Kier molecular flexibility index (Phi) is 5.28. The molecule has 0 aliphatic carbocycles. The Morgan fingerprint density at radius 3 is 2.67 bits per heavy atom. The molecule has 0 unspecified atom stereocenters. The summed E-state index contributed by atoms with van der Waals surface area (Å²) < 4.78 is 11.1. The Labute approximate surface area is 130 Å². The Balaban J connectivity index is 2.07. The zero-order valence-corrected chi connectivity index (χ0v) is 13.1. The van der Waals surface area contributed by atoms with Crippen LogP contribution in [0.4, 0.5) is 5.69 Å². The molecule has 0 saturated carbocycles. The summed E-state index contributed by atoms with van der Waals surface area (Å²) in [5.74, 6) is 1.49. The number of anilines is 1. The number of benzene rings is 1. The summed E-state index contributed by atoms with van der Waals surface area (Å²) >= 11 is 5.86. The zero-order valence-electron chi connectivity index (χ0n) is 12.4. The number of ether oxygens (including phenoxy) is 2. The van der Waals surface area contributed by atoms with Gasteiger partial charge in [0.15, 0.2) is 11.5 Å². The highest BCUT2D eigenvalue weighted by Crippen LogP contribution is 2.29. The van der Waals surface area contributed by atoms with Gasteiger partial charge in [0.1, 0.15) is 5.15 Å². The predicted molar refractivity (Wildman–Crippen MR) is 85.3 cm³/mol. The first-order valence-electron chi connectivity index (χ1n) is 6.77. The number of aromatic nitrogens is 1. The van der Waals surface area contributed by atoms with Crippen LogP contribution < -0.4 is 14.8 Å². The lowest BCUT2D eigenvalue weighted by Gasteiger charge is -2.15. The number of halogens is 1. The van der Waals surface area contributed by atoms with Crippen molar-refractivity contribution in [2.75, 3.05) is 12.4 Å². The second-order valence-corrected chi connectivity index (χ2v) is 5.26. The van der Waals surface area contributed by atoms with E-state index in [1.165, 1.54) is 0 Å². The molecule has 112 valence electrons. The summed E-state index contributed by atoms with van der Waals surface area (Å²) in [7, 11) is 1.64. The molecule has 5 heteroatoms. The molecule has 1 N–H and O–H groups in total. The van der Waals surface area contributed by atoms with Gasteiger partial charge in [-0.2, -0.15) is 0 Å². The largest absolute Gasteiger partial charge is 0.493 e. The molecule has 0 aliphatic rings. The van der Waals surface area contributed by atoms with E-state index in [2.05, 4.69) is 10.3 Å². The average molecular weight is 307 g/mol. The summed E-state index contributed by atoms with van der Waals surface area (Å²) in [4.78, 5) is 3.95. The molecule has 0 fully saturated rings. The van der Waals surface area contributed by atoms with Crippen LogP contribution in [0.15, 0.2) is 36.5 Å². The van der Waals surface area contributed by atoms with Crippen molar-refractivity contribution in [2.45, 2.75) is 26.5 Å². The Morgan fingerprint density at radius 1 is 1.19 bits per heavy atom. The van der Waals surface area contributed by atoms with E-state index >= 15 is 0 Å². The maximum Gasteiger partial charge on any atom is 0.161 e. The van der Waals surface area contributed by atoms with Crippen LogP contribution in [-0.2, 0) is 6.54 Å². The number of pyridine rings is 1. The van der Waals surface area contributed by atoms with E-state index in [0.717, 1.165) is 22.7 Å². The number of hydrogen-bond donors (Lipinski definition) is 1. The fourth-order valence-corrected chi connectivity index (χ4v) is 2.06. The van der Waals surface area contributed by atoms with Crippen LogP contribution in [0.25, 0.3) is 0 Å². The first kappa shape index (κ1) is 15.4. The molecule has 0 bridgehead atoms. The van der Waals surface area contributed by atoms with Gasteiger partial charge in [-0.15, -0.1) is 0 Å². The third-order valence-corrected chi connectivity index (χ3v) is 3.02. The quantitative estimate of drug-likeness (QED) is 0.814. The highest BCUT2D eigenvalue weighted by atomic mass is 35.5. The van der Waals surface area contributed by atoms with E-state index in [4.69, 9.17) is 21.1 Å². The summed E-state index contributed by atoms with van der Waals surface area (Å²) in [6.45, 7) is 4.64. The van der Waals surface area contributed by atoms with Crippen molar-refractivity contribution < 1.29 is 9.47 Å². The second-order valence-electron chi connectivity index (χ2n) is 4.87.